The number of amides is 1. The van der Waals surface area contributed by atoms with Gasteiger partial charge in [0.1, 0.15) is 12.2 Å². The summed E-state index contributed by atoms with van der Waals surface area (Å²) in [5, 5.41) is 2.80. The Bertz CT molecular complexity index is 794. The Balaban J connectivity index is 2.53. The first kappa shape index (κ1) is 17.1. The molecule has 0 aliphatic heterocycles. The zero-order valence-corrected chi connectivity index (χ0v) is 12.8. The Labute approximate surface area is 130 Å². The summed E-state index contributed by atoms with van der Waals surface area (Å²) >= 11 is 0. The van der Waals surface area contributed by atoms with Crippen molar-refractivity contribution in [2.75, 3.05) is 6.54 Å². The standard InChI is InChI=1S/C16H17F3N2O2/c1-3-6-21-13(14(22)20-9-16(17,18)19)8-11-5-4-10(2)7-12(11)15(21)23/h4-5,7-8H,3,6,9H2,1-2H3,(H,20,22). The normalized spacial score (nSPS) is 11.7. The molecule has 1 N–H and O–H groups in total. The second-order valence-electron chi connectivity index (χ2n) is 5.37. The predicted octanol–water partition coefficient (Wildman–Crippen LogP) is 3.01. The van der Waals surface area contributed by atoms with Gasteiger partial charge in [-0.25, -0.2) is 0 Å². The fourth-order valence-electron chi connectivity index (χ4n) is 2.37. The van der Waals surface area contributed by atoms with E-state index in [1.165, 1.54) is 10.6 Å². The van der Waals surface area contributed by atoms with Gasteiger partial charge >= 0.3 is 6.18 Å². The van der Waals surface area contributed by atoms with Crippen LogP contribution in [0.5, 0.6) is 0 Å². The molecule has 2 aromatic rings. The van der Waals surface area contributed by atoms with Crippen LogP contribution >= 0.6 is 0 Å². The molecule has 0 saturated carbocycles. The molecule has 0 spiro atoms. The van der Waals surface area contributed by atoms with Crippen LogP contribution in [0, 0.1) is 6.92 Å². The third-order valence-corrected chi connectivity index (χ3v) is 3.40. The predicted molar refractivity (Wildman–Crippen MR) is 81.6 cm³/mol. The quantitative estimate of drug-likeness (QED) is 0.939. The summed E-state index contributed by atoms with van der Waals surface area (Å²) < 4.78 is 38.1. The number of aryl methyl sites for hydroxylation is 1. The van der Waals surface area contributed by atoms with Crippen LogP contribution in [0.1, 0.15) is 29.4 Å². The molecule has 0 aliphatic rings. The summed E-state index contributed by atoms with van der Waals surface area (Å²) in [6, 6.07) is 6.63. The van der Waals surface area contributed by atoms with E-state index in [2.05, 4.69) is 0 Å². The van der Waals surface area contributed by atoms with Crippen LogP contribution in [0.15, 0.2) is 29.1 Å². The highest BCUT2D eigenvalue weighted by Crippen LogP contribution is 2.16. The van der Waals surface area contributed by atoms with Crippen LogP contribution in [0.2, 0.25) is 0 Å². The van der Waals surface area contributed by atoms with E-state index in [9.17, 15) is 22.8 Å². The Hall–Kier alpha value is -2.31. The SMILES string of the molecule is CCCn1c(C(=O)NCC(F)(F)F)cc2ccc(C)cc2c1=O. The number of rotatable bonds is 4. The van der Waals surface area contributed by atoms with Gasteiger partial charge in [-0.1, -0.05) is 24.6 Å². The molecule has 0 aliphatic carbocycles. The highest BCUT2D eigenvalue weighted by Gasteiger charge is 2.28. The fraction of sp³-hybridized carbons (Fsp3) is 0.375. The van der Waals surface area contributed by atoms with Gasteiger partial charge in [-0.2, -0.15) is 13.2 Å². The summed E-state index contributed by atoms with van der Waals surface area (Å²) in [5.41, 5.74) is 0.467. The number of nitrogens with one attached hydrogen (secondary N) is 1. The fourth-order valence-corrected chi connectivity index (χ4v) is 2.37. The minimum atomic E-state index is -4.50. The van der Waals surface area contributed by atoms with Crippen molar-refractivity contribution in [3.63, 3.8) is 0 Å². The smallest absolute Gasteiger partial charge is 0.342 e. The van der Waals surface area contributed by atoms with Crippen LogP contribution in [0.3, 0.4) is 0 Å². The Morgan fingerprint density at radius 2 is 1.96 bits per heavy atom. The van der Waals surface area contributed by atoms with E-state index >= 15 is 0 Å². The molecule has 7 heteroatoms. The van der Waals surface area contributed by atoms with Gasteiger partial charge in [0, 0.05) is 11.9 Å². The van der Waals surface area contributed by atoms with Crippen molar-refractivity contribution in [3.8, 4) is 0 Å². The summed E-state index contributed by atoms with van der Waals surface area (Å²) in [7, 11) is 0. The van der Waals surface area contributed by atoms with E-state index in [1.807, 2.05) is 19.2 Å². The van der Waals surface area contributed by atoms with Gasteiger partial charge in [0.15, 0.2) is 0 Å². The number of halogens is 3. The lowest BCUT2D eigenvalue weighted by molar-refractivity contribution is -0.123. The minimum absolute atomic E-state index is 0.0579. The second kappa shape index (κ2) is 6.44. The van der Waals surface area contributed by atoms with Crippen molar-refractivity contribution in [1.29, 1.82) is 0 Å². The molecule has 4 nitrogen and oxygen atoms in total. The average Bonchev–Trinajstić information content (AvgIpc) is 2.47. The van der Waals surface area contributed by atoms with Gasteiger partial charge < -0.3 is 9.88 Å². The molecule has 0 bridgehead atoms. The van der Waals surface area contributed by atoms with Gasteiger partial charge in [0.05, 0.1) is 0 Å². The first-order chi connectivity index (χ1) is 10.7. The minimum Gasteiger partial charge on any atom is -0.342 e. The lowest BCUT2D eigenvalue weighted by Gasteiger charge is -2.15. The van der Waals surface area contributed by atoms with Crippen LogP contribution in [-0.4, -0.2) is 23.2 Å². The van der Waals surface area contributed by atoms with Crippen molar-refractivity contribution < 1.29 is 18.0 Å². The maximum absolute atomic E-state index is 12.6. The van der Waals surface area contributed by atoms with Gasteiger partial charge in [-0.3, -0.25) is 9.59 Å². The van der Waals surface area contributed by atoms with Crippen molar-refractivity contribution in [3.05, 3.63) is 45.9 Å². The van der Waals surface area contributed by atoms with Gasteiger partial charge in [0.2, 0.25) is 0 Å². The van der Waals surface area contributed by atoms with Crippen LogP contribution in [-0.2, 0) is 6.54 Å². The largest absolute Gasteiger partial charge is 0.405 e. The zero-order chi connectivity index (χ0) is 17.2. The molecule has 23 heavy (non-hydrogen) atoms. The molecule has 1 aromatic heterocycles. The summed E-state index contributed by atoms with van der Waals surface area (Å²) in [6.07, 6.45) is -3.92. The van der Waals surface area contributed by atoms with Crippen LogP contribution < -0.4 is 10.9 Å². The van der Waals surface area contributed by atoms with Crippen molar-refractivity contribution in [2.45, 2.75) is 33.0 Å². The number of alkyl halides is 3. The highest BCUT2D eigenvalue weighted by atomic mass is 19.4. The van der Waals surface area contributed by atoms with Crippen molar-refractivity contribution in [1.82, 2.24) is 9.88 Å². The number of carbonyl (C=O) groups is 1. The molecular weight excluding hydrogens is 309 g/mol. The highest BCUT2D eigenvalue weighted by molar-refractivity contribution is 5.96. The zero-order valence-electron chi connectivity index (χ0n) is 12.8. The molecule has 1 amide bonds. The lowest BCUT2D eigenvalue weighted by atomic mass is 10.1. The van der Waals surface area contributed by atoms with Crippen molar-refractivity contribution in [2.24, 2.45) is 0 Å². The van der Waals surface area contributed by atoms with E-state index in [4.69, 9.17) is 0 Å². The molecule has 124 valence electrons. The summed E-state index contributed by atoms with van der Waals surface area (Å²) in [5.74, 6) is -0.907. The van der Waals surface area contributed by atoms with E-state index in [0.717, 1.165) is 5.56 Å². The molecule has 0 atom stereocenters. The molecule has 2 rings (SSSR count). The Morgan fingerprint density at radius 3 is 2.57 bits per heavy atom. The van der Waals surface area contributed by atoms with E-state index < -0.39 is 18.6 Å². The van der Waals surface area contributed by atoms with Gasteiger partial charge in [-0.15, -0.1) is 0 Å². The molecule has 0 saturated heterocycles. The number of pyridine rings is 1. The topological polar surface area (TPSA) is 51.1 Å². The second-order valence-corrected chi connectivity index (χ2v) is 5.37. The Kier molecular flexibility index (Phi) is 4.77. The van der Waals surface area contributed by atoms with E-state index in [-0.39, 0.29) is 17.8 Å². The monoisotopic (exact) mass is 326 g/mol. The number of carbonyl (C=O) groups excluding carboxylic acids is 1. The number of nitrogens with zero attached hydrogens (tertiary/aromatic N) is 1. The lowest BCUT2D eigenvalue weighted by Crippen LogP contribution is -2.37. The maximum Gasteiger partial charge on any atom is 0.405 e. The first-order valence-electron chi connectivity index (χ1n) is 7.22. The molecule has 0 unspecified atom stereocenters. The number of aromatic nitrogens is 1. The van der Waals surface area contributed by atoms with E-state index in [1.54, 1.807) is 18.2 Å². The van der Waals surface area contributed by atoms with E-state index in [0.29, 0.717) is 17.2 Å². The Morgan fingerprint density at radius 1 is 1.26 bits per heavy atom. The van der Waals surface area contributed by atoms with Crippen LogP contribution in [0.4, 0.5) is 13.2 Å². The van der Waals surface area contributed by atoms with Gasteiger partial charge in [-0.05, 0) is 30.9 Å². The number of hydrogen-bond donors (Lipinski definition) is 1. The van der Waals surface area contributed by atoms with Crippen LogP contribution in [0.25, 0.3) is 10.8 Å². The average molecular weight is 326 g/mol. The molecular formula is C16H17F3N2O2. The number of hydrogen-bond acceptors (Lipinski definition) is 2. The third kappa shape index (κ3) is 3.91. The maximum atomic E-state index is 12.6. The van der Waals surface area contributed by atoms with Crippen molar-refractivity contribution >= 4 is 16.7 Å². The third-order valence-electron chi connectivity index (χ3n) is 3.40. The summed E-state index contributed by atoms with van der Waals surface area (Å²) in [6.45, 7) is 2.49. The molecule has 0 fully saturated rings. The van der Waals surface area contributed by atoms with Gasteiger partial charge in [0.25, 0.3) is 11.5 Å². The molecule has 1 aromatic carbocycles. The summed E-state index contributed by atoms with van der Waals surface area (Å²) in [4.78, 5) is 24.6. The number of fused-ring (bicyclic) bond motifs is 1. The molecule has 1 heterocycles. The first-order valence-corrected chi connectivity index (χ1v) is 7.22. The number of benzene rings is 1. The molecule has 0 radical (unpaired) electrons.